The quantitative estimate of drug-likeness (QED) is 0.126. The van der Waals surface area contributed by atoms with Crippen LogP contribution in [0.3, 0.4) is 0 Å². The number of rotatable bonds is 17. The number of hydrogen-bond donors (Lipinski definition) is 3. The minimum atomic E-state index is -4.34. The zero-order valence-corrected chi connectivity index (χ0v) is 30.3. The zero-order valence-electron chi connectivity index (χ0n) is 27.8. The van der Waals surface area contributed by atoms with Gasteiger partial charge in [0.1, 0.15) is 24.1 Å². The van der Waals surface area contributed by atoms with E-state index in [1.807, 2.05) is 32.5 Å². The molecule has 260 valence electrons. The Hall–Kier alpha value is -0.960. The van der Waals surface area contributed by atoms with E-state index in [1.165, 1.54) is 22.9 Å². The number of carbonyl (C=O) groups excluding carboxylic acids is 2. The average Bonchev–Trinajstić information content (AvgIpc) is 3.10. The van der Waals surface area contributed by atoms with E-state index in [0.717, 1.165) is 25.2 Å². The number of ether oxygens (including phenoxy) is 1. The van der Waals surface area contributed by atoms with E-state index in [1.54, 1.807) is 0 Å². The molecule has 45 heavy (non-hydrogen) atoms. The number of thioether (sulfide) groups is 2. The molecule has 2 aliphatic heterocycles. The molecule has 2 rings (SSSR count). The summed E-state index contributed by atoms with van der Waals surface area (Å²) in [5, 5.41) is 24.7. The number of phosphoric ester groups is 1. The van der Waals surface area contributed by atoms with Crippen LogP contribution in [-0.2, 0) is 32.5 Å². The highest BCUT2D eigenvalue weighted by molar-refractivity contribution is 8.13. The van der Waals surface area contributed by atoms with Crippen molar-refractivity contribution in [2.75, 3.05) is 31.3 Å². The fourth-order valence-corrected chi connectivity index (χ4v) is 7.48. The minimum absolute atomic E-state index is 0.0000907. The molecule has 2 heterocycles. The monoisotopic (exact) mass is 698 g/mol. The lowest BCUT2D eigenvalue weighted by atomic mass is 9.93. The molecule has 6 atom stereocenters. The Kier molecular flexibility index (Phi) is 14.7. The molecule has 0 aliphatic carbocycles. The van der Waals surface area contributed by atoms with Gasteiger partial charge in [0.05, 0.1) is 13.2 Å². The summed E-state index contributed by atoms with van der Waals surface area (Å²) in [5.41, 5.74) is -2.48. The number of halogens is 1. The van der Waals surface area contributed by atoms with Crippen molar-refractivity contribution >= 4 is 42.4 Å². The van der Waals surface area contributed by atoms with E-state index in [4.69, 9.17) is 18.3 Å². The van der Waals surface area contributed by atoms with E-state index in [9.17, 15) is 24.4 Å². The molecular weight excluding hydrogens is 646 g/mol. The molecule has 0 saturated carbocycles. The largest absolute Gasteiger partial charge is 0.474 e. The molecule has 1 saturated heterocycles. The molecular formula is C30H52FN2O9PS2. The van der Waals surface area contributed by atoms with Crippen LogP contribution < -0.4 is 5.32 Å². The Morgan fingerprint density at radius 2 is 1.73 bits per heavy atom. The summed E-state index contributed by atoms with van der Waals surface area (Å²) in [6.07, 6.45) is 1.10. The molecule has 2 aliphatic rings. The predicted octanol–water partition coefficient (Wildman–Crippen LogP) is 5.73. The van der Waals surface area contributed by atoms with E-state index in [-0.39, 0.29) is 29.6 Å². The van der Waals surface area contributed by atoms with Gasteiger partial charge in [-0.25, -0.2) is 8.96 Å². The average molecular weight is 699 g/mol. The number of carbonyl (C=O) groups is 2. The molecule has 0 aromatic carbocycles. The molecule has 0 radical (unpaired) electrons. The van der Waals surface area contributed by atoms with Crippen molar-refractivity contribution in [1.82, 2.24) is 10.2 Å². The number of nitrogens with zero attached hydrogens (tertiary/aromatic N) is 1. The molecule has 3 N–H and O–H groups in total. The standard InChI is InChI=1S/C30H52FN2O9PS2/c1-21(27(3,4)5)44-18-12-10-16-39-43(38,40-17-11-13-19-45-26(36)28(6,7)8)41-20-30(31)24(35)29(9,37)25(42-30)33-15-14-23(34)32-22(33)2/h14-15,21,24-25,35,37H,2,10-13,16-20H2,1,3-9H3,(H,32,34)/t21?,24-,25+,29+,30+,43?/m0/s1. The molecule has 15 heteroatoms. The van der Waals surface area contributed by atoms with Crippen molar-refractivity contribution in [3.8, 4) is 0 Å². The number of alkyl halides is 1. The zero-order chi connectivity index (χ0) is 34.3. The van der Waals surface area contributed by atoms with Crippen molar-refractivity contribution < 1.29 is 47.1 Å². The van der Waals surface area contributed by atoms with Crippen LogP contribution in [0.1, 0.15) is 81.1 Å². The first kappa shape index (κ1) is 40.2. The summed E-state index contributed by atoms with van der Waals surface area (Å²) >= 11 is 3.06. The fraction of sp³-hybridized carbons (Fsp3) is 0.800. The second kappa shape index (κ2) is 16.4. The van der Waals surface area contributed by atoms with Crippen LogP contribution in [0.25, 0.3) is 0 Å². The van der Waals surface area contributed by atoms with Gasteiger partial charge in [-0.2, -0.15) is 11.8 Å². The first-order chi connectivity index (χ1) is 20.6. The van der Waals surface area contributed by atoms with E-state index in [0.29, 0.717) is 30.3 Å². The fourth-order valence-electron chi connectivity index (χ4n) is 4.03. The van der Waals surface area contributed by atoms with Crippen molar-refractivity contribution in [2.45, 2.75) is 110 Å². The van der Waals surface area contributed by atoms with Crippen LogP contribution in [0.5, 0.6) is 0 Å². The molecule has 0 bridgehead atoms. The highest BCUT2D eigenvalue weighted by Crippen LogP contribution is 2.52. The summed E-state index contributed by atoms with van der Waals surface area (Å²) in [7, 11) is -4.34. The lowest BCUT2D eigenvalue weighted by Crippen LogP contribution is -2.54. The van der Waals surface area contributed by atoms with Gasteiger partial charge in [-0.15, -0.1) is 0 Å². The van der Waals surface area contributed by atoms with Crippen LogP contribution in [0.2, 0.25) is 0 Å². The number of phosphoric acid groups is 1. The normalized spacial score (nSPS) is 27.8. The van der Waals surface area contributed by atoms with Gasteiger partial charge in [0.2, 0.25) is 0 Å². The van der Waals surface area contributed by atoms with Crippen LogP contribution in [0.4, 0.5) is 4.39 Å². The number of unbranched alkanes of at least 4 members (excludes halogenated alkanes) is 2. The van der Waals surface area contributed by atoms with Crippen molar-refractivity contribution in [3.05, 3.63) is 24.7 Å². The molecule has 0 spiro atoms. The molecule has 11 nitrogen and oxygen atoms in total. The van der Waals surface area contributed by atoms with E-state index >= 15 is 4.39 Å². The van der Waals surface area contributed by atoms with Crippen molar-refractivity contribution in [3.63, 3.8) is 0 Å². The Labute approximate surface area is 276 Å². The molecule has 0 aromatic rings. The second-order valence-electron chi connectivity index (χ2n) is 13.6. The number of aliphatic hydroxyl groups is 2. The highest BCUT2D eigenvalue weighted by atomic mass is 32.2. The lowest BCUT2D eigenvalue weighted by molar-refractivity contribution is -0.208. The molecule has 2 unspecified atom stereocenters. The number of aliphatic hydroxyl groups excluding tert-OH is 1. The predicted molar refractivity (Wildman–Crippen MR) is 176 cm³/mol. The van der Waals surface area contributed by atoms with Gasteiger partial charge < -0.3 is 25.2 Å². The van der Waals surface area contributed by atoms with E-state index in [2.05, 4.69) is 39.6 Å². The Morgan fingerprint density at radius 1 is 1.16 bits per heavy atom. The van der Waals surface area contributed by atoms with Gasteiger partial charge in [0.15, 0.2) is 11.3 Å². The number of hydrogen-bond acceptors (Lipinski definition) is 12. The maximum absolute atomic E-state index is 16.1. The minimum Gasteiger partial charge on any atom is -0.384 e. The summed E-state index contributed by atoms with van der Waals surface area (Å²) in [6.45, 7) is 18.0. The maximum atomic E-state index is 16.1. The van der Waals surface area contributed by atoms with Crippen molar-refractivity contribution in [1.29, 1.82) is 0 Å². The third kappa shape index (κ3) is 11.9. The third-order valence-electron chi connectivity index (χ3n) is 7.42. The van der Waals surface area contributed by atoms with Crippen molar-refractivity contribution in [2.24, 2.45) is 10.8 Å². The van der Waals surface area contributed by atoms with Crippen LogP contribution in [-0.4, -0.2) is 86.5 Å². The lowest BCUT2D eigenvalue weighted by Gasteiger charge is -2.36. The Morgan fingerprint density at radius 3 is 2.27 bits per heavy atom. The summed E-state index contributed by atoms with van der Waals surface area (Å²) in [6, 6.07) is 0. The van der Waals surface area contributed by atoms with E-state index < -0.39 is 49.5 Å². The summed E-state index contributed by atoms with van der Waals surface area (Å²) < 4.78 is 51.6. The number of amides is 1. The molecule has 0 aromatic heterocycles. The molecule has 1 amide bonds. The Balaban J connectivity index is 2.02. The smallest absolute Gasteiger partial charge is 0.384 e. The van der Waals surface area contributed by atoms with Crippen LogP contribution in [0, 0.1) is 10.8 Å². The van der Waals surface area contributed by atoms with Gasteiger partial charge in [0, 0.05) is 28.7 Å². The van der Waals surface area contributed by atoms with Gasteiger partial charge >= 0.3 is 7.82 Å². The van der Waals surface area contributed by atoms with Crippen LogP contribution in [0.15, 0.2) is 24.7 Å². The SMILES string of the molecule is C=C1NC(=O)C=CN1[C@@H]1O[C@](F)(COP(=O)(OCCCCSC(=O)C(C)(C)C)OCCCCSC(C)C(C)(C)C)[C@@H](O)[C@@]1(C)O. The first-order valence-electron chi connectivity index (χ1n) is 15.2. The van der Waals surface area contributed by atoms with Gasteiger partial charge in [-0.05, 0) is 43.8 Å². The van der Waals surface area contributed by atoms with Crippen LogP contribution >= 0.6 is 31.3 Å². The third-order valence-corrected chi connectivity index (χ3v) is 12.0. The van der Waals surface area contributed by atoms with Gasteiger partial charge in [-0.3, -0.25) is 23.2 Å². The Bertz CT molecular complexity index is 1110. The number of nitrogens with one attached hydrogen (secondary N) is 1. The second-order valence-corrected chi connectivity index (χ2v) is 17.8. The summed E-state index contributed by atoms with van der Waals surface area (Å²) in [4.78, 5) is 24.9. The van der Waals surface area contributed by atoms with Gasteiger partial charge in [-0.1, -0.05) is 66.8 Å². The maximum Gasteiger partial charge on any atom is 0.474 e. The summed E-state index contributed by atoms with van der Waals surface area (Å²) in [5.74, 6) is -2.06. The topological polar surface area (TPSA) is 144 Å². The highest BCUT2D eigenvalue weighted by Gasteiger charge is 2.64. The first-order valence-corrected chi connectivity index (χ1v) is 18.7. The van der Waals surface area contributed by atoms with Gasteiger partial charge in [0.25, 0.3) is 11.8 Å². The molecule has 1 fully saturated rings.